The van der Waals surface area contributed by atoms with Crippen LogP contribution in [0.15, 0.2) is 27.4 Å². The standard InChI is InChI=1S/C17H21F3N4O2.ClH/c1-2-13(10-5-7-21-8-6-10)22-14-9-11(15-23-24-16(25)26-15)3-4-12(14)17(18,19)20;/h3-4,9-10,13,21-22H,2,5-8H2,1H3,(H,24,25);1H/t13-;/m0./s1. The lowest BCUT2D eigenvalue weighted by atomic mass is 9.88. The number of aromatic nitrogens is 2. The van der Waals surface area contributed by atoms with Gasteiger partial charge >= 0.3 is 11.9 Å². The Morgan fingerprint density at radius 1 is 1.33 bits per heavy atom. The number of rotatable bonds is 5. The third-order valence-corrected chi connectivity index (χ3v) is 4.74. The third-order valence-electron chi connectivity index (χ3n) is 4.74. The fraction of sp³-hybridized carbons (Fsp3) is 0.529. The number of aromatic amines is 1. The van der Waals surface area contributed by atoms with Gasteiger partial charge in [0.15, 0.2) is 0 Å². The molecule has 1 saturated heterocycles. The van der Waals surface area contributed by atoms with Crippen LogP contribution in [0.4, 0.5) is 18.9 Å². The number of benzene rings is 1. The second-order valence-electron chi connectivity index (χ2n) is 6.42. The quantitative estimate of drug-likeness (QED) is 0.705. The van der Waals surface area contributed by atoms with Crippen LogP contribution in [0.5, 0.6) is 0 Å². The average molecular weight is 407 g/mol. The van der Waals surface area contributed by atoms with Gasteiger partial charge < -0.3 is 15.1 Å². The van der Waals surface area contributed by atoms with Crippen LogP contribution in [0.3, 0.4) is 0 Å². The van der Waals surface area contributed by atoms with Crippen LogP contribution in [0, 0.1) is 5.92 Å². The topological polar surface area (TPSA) is 83.0 Å². The summed E-state index contributed by atoms with van der Waals surface area (Å²) in [5, 5.41) is 12.1. The van der Waals surface area contributed by atoms with Gasteiger partial charge in [0.1, 0.15) is 0 Å². The summed E-state index contributed by atoms with van der Waals surface area (Å²) in [4.78, 5) is 11.1. The molecule has 0 saturated carbocycles. The van der Waals surface area contributed by atoms with Crippen LogP contribution in [0.2, 0.25) is 0 Å². The number of alkyl halides is 3. The maximum absolute atomic E-state index is 13.4. The van der Waals surface area contributed by atoms with E-state index in [1.54, 1.807) is 0 Å². The minimum Gasteiger partial charge on any atom is -0.388 e. The molecule has 1 fully saturated rings. The van der Waals surface area contributed by atoms with E-state index in [2.05, 4.69) is 20.8 Å². The van der Waals surface area contributed by atoms with Crippen LogP contribution >= 0.6 is 12.4 Å². The highest BCUT2D eigenvalue weighted by atomic mass is 35.5. The van der Waals surface area contributed by atoms with E-state index in [9.17, 15) is 18.0 Å². The highest BCUT2D eigenvalue weighted by Gasteiger charge is 2.35. The van der Waals surface area contributed by atoms with Crippen LogP contribution in [-0.4, -0.2) is 29.3 Å². The molecule has 6 nitrogen and oxygen atoms in total. The van der Waals surface area contributed by atoms with E-state index in [4.69, 9.17) is 4.42 Å². The highest BCUT2D eigenvalue weighted by Crippen LogP contribution is 2.38. The molecule has 1 aliphatic heterocycles. The van der Waals surface area contributed by atoms with Crippen LogP contribution < -0.4 is 16.4 Å². The van der Waals surface area contributed by atoms with Crippen molar-refractivity contribution in [3.8, 4) is 11.5 Å². The largest absolute Gasteiger partial charge is 0.434 e. The third kappa shape index (κ3) is 5.04. The molecule has 1 atom stereocenters. The number of hydrogen-bond acceptors (Lipinski definition) is 5. The molecule has 2 heterocycles. The molecule has 2 aromatic rings. The van der Waals surface area contributed by atoms with Gasteiger partial charge in [0.25, 0.3) is 0 Å². The number of anilines is 1. The molecule has 0 unspecified atom stereocenters. The molecule has 3 rings (SSSR count). The van der Waals surface area contributed by atoms with Gasteiger partial charge in [-0.05, 0) is 56.5 Å². The molecule has 1 aliphatic rings. The van der Waals surface area contributed by atoms with Crippen molar-refractivity contribution in [2.75, 3.05) is 18.4 Å². The summed E-state index contributed by atoms with van der Waals surface area (Å²) in [6.45, 7) is 3.70. The van der Waals surface area contributed by atoms with Crippen molar-refractivity contribution in [1.82, 2.24) is 15.5 Å². The highest BCUT2D eigenvalue weighted by molar-refractivity contribution is 5.85. The summed E-state index contributed by atoms with van der Waals surface area (Å²) in [7, 11) is 0. The summed E-state index contributed by atoms with van der Waals surface area (Å²) in [6.07, 6.45) is -1.94. The number of piperidine rings is 1. The van der Waals surface area contributed by atoms with Gasteiger partial charge in [0.2, 0.25) is 5.89 Å². The van der Waals surface area contributed by atoms with Gasteiger partial charge in [-0.1, -0.05) is 6.92 Å². The summed E-state index contributed by atoms with van der Waals surface area (Å²) in [6, 6.07) is 3.51. The van der Waals surface area contributed by atoms with Gasteiger partial charge in [-0.2, -0.15) is 13.2 Å². The van der Waals surface area contributed by atoms with Gasteiger partial charge in [0, 0.05) is 17.3 Å². The number of nitrogens with one attached hydrogen (secondary N) is 3. The molecule has 27 heavy (non-hydrogen) atoms. The van der Waals surface area contributed by atoms with Gasteiger partial charge in [-0.25, -0.2) is 9.89 Å². The molecule has 10 heteroatoms. The first-order chi connectivity index (χ1) is 12.4. The summed E-state index contributed by atoms with van der Waals surface area (Å²) in [5.41, 5.74) is -0.462. The zero-order valence-corrected chi connectivity index (χ0v) is 15.5. The maximum atomic E-state index is 13.4. The SMILES string of the molecule is CC[C@H](Nc1cc(-c2n[nH]c(=O)o2)ccc1C(F)(F)F)C1CCNCC1.Cl. The number of nitrogens with zero attached hydrogens (tertiary/aromatic N) is 1. The molecule has 0 bridgehead atoms. The Morgan fingerprint density at radius 2 is 2.04 bits per heavy atom. The van der Waals surface area contributed by atoms with Crippen molar-refractivity contribution < 1.29 is 17.6 Å². The zero-order chi connectivity index (χ0) is 18.7. The monoisotopic (exact) mass is 406 g/mol. The number of halogens is 4. The predicted molar refractivity (Wildman–Crippen MR) is 98.1 cm³/mol. The molecule has 150 valence electrons. The minimum absolute atomic E-state index is 0. The fourth-order valence-corrected chi connectivity index (χ4v) is 3.40. The van der Waals surface area contributed by atoms with Crippen LogP contribution in [-0.2, 0) is 6.18 Å². The van der Waals surface area contributed by atoms with Gasteiger partial charge in [-0.15, -0.1) is 17.5 Å². The summed E-state index contributed by atoms with van der Waals surface area (Å²) < 4.78 is 45.2. The molecule has 0 aliphatic carbocycles. The van der Waals surface area contributed by atoms with E-state index in [0.29, 0.717) is 17.9 Å². The second-order valence-corrected chi connectivity index (χ2v) is 6.42. The molecular weight excluding hydrogens is 385 g/mol. The lowest BCUT2D eigenvalue weighted by Gasteiger charge is -2.32. The normalized spacial score (nSPS) is 16.6. The van der Waals surface area contributed by atoms with E-state index < -0.39 is 17.5 Å². The average Bonchev–Trinajstić information content (AvgIpc) is 3.06. The molecular formula is C17H22ClF3N4O2. The van der Waals surface area contributed by atoms with Crippen molar-refractivity contribution >= 4 is 18.1 Å². The molecule has 0 spiro atoms. The summed E-state index contributed by atoms with van der Waals surface area (Å²) >= 11 is 0. The Bertz CT molecular complexity index is 800. The van der Waals surface area contributed by atoms with Gasteiger partial charge in [-0.3, -0.25) is 0 Å². The van der Waals surface area contributed by atoms with E-state index >= 15 is 0 Å². The zero-order valence-electron chi connectivity index (χ0n) is 14.7. The van der Waals surface area contributed by atoms with Gasteiger partial charge in [0.05, 0.1) is 5.56 Å². The number of H-pyrrole nitrogens is 1. The van der Waals surface area contributed by atoms with Crippen molar-refractivity contribution in [3.05, 3.63) is 34.3 Å². The summed E-state index contributed by atoms with van der Waals surface area (Å²) in [5.74, 6) is -0.494. The van der Waals surface area contributed by atoms with E-state index in [1.165, 1.54) is 12.1 Å². The van der Waals surface area contributed by atoms with Crippen molar-refractivity contribution in [3.63, 3.8) is 0 Å². The van der Waals surface area contributed by atoms with Crippen LogP contribution in [0.25, 0.3) is 11.5 Å². The molecule has 1 aromatic carbocycles. The maximum Gasteiger partial charge on any atom is 0.434 e. The fourth-order valence-electron chi connectivity index (χ4n) is 3.40. The second kappa shape index (κ2) is 8.79. The first kappa shape index (κ1) is 21.3. The Kier molecular flexibility index (Phi) is 6.94. The lowest BCUT2D eigenvalue weighted by Crippen LogP contribution is -2.37. The number of hydrogen-bond donors (Lipinski definition) is 3. The van der Waals surface area contributed by atoms with Crippen molar-refractivity contribution in [2.45, 2.75) is 38.4 Å². The Labute approximate surface area is 160 Å². The Hall–Kier alpha value is -2.00. The predicted octanol–water partition coefficient (Wildman–Crippen LogP) is 3.66. The van der Waals surface area contributed by atoms with E-state index in [1.807, 2.05) is 6.92 Å². The van der Waals surface area contributed by atoms with Crippen molar-refractivity contribution in [2.24, 2.45) is 5.92 Å². The molecule has 0 radical (unpaired) electrons. The lowest BCUT2D eigenvalue weighted by molar-refractivity contribution is -0.137. The van der Waals surface area contributed by atoms with Crippen LogP contribution in [0.1, 0.15) is 31.7 Å². The minimum atomic E-state index is -4.49. The van der Waals surface area contributed by atoms with Crippen molar-refractivity contribution in [1.29, 1.82) is 0 Å². The first-order valence-corrected chi connectivity index (χ1v) is 8.63. The Morgan fingerprint density at radius 3 is 2.59 bits per heavy atom. The molecule has 1 aromatic heterocycles. The molecule has 0 amide bonds. The smallest absolute Gasteiger partial charge is 0.388 e. The van der Waals surface area contributed by atoms with E-state index in [0.717, 1.165) is 32.0 Å². The first-order valence-electron chi connectivity index (χ1n) is 8.63. The Balaban J connectivity index is 0.00000261. The molecule has 3 N–H and O–H groups in total. The van der Waals surface area contributed by atoms with E-state index in [-0.39, 0.29) is 30.0 Å².